The van der Waals surface area contributed by atoms with Gasteiger partial charge in [-0.25, -0.2) is 13.6 Å². The molecule has 150 valence electrons. The van der Waals surface area contributed by atoms with E-state index in [4.69, 9.17) is 14.6 Å². The van der Waals surface area contributed by atoms with Crippen molar-refractivity contribution >= 4 is 31.4 Å². The molecule has 1 aliphatic heterocycles. The van der Waals surface area contributed by atoms with Crippen LogP contribution in [-0.2, 0) is 10.0 Å². The molecule has 1 aromatic heterocycles. The topological polar surface area (TPSA) is 95.7 Å². The first-order valence-electron chi connectivity index (χ1n) is 9.01. The van der Waals surface area contributed by atoms with Crippen molar-refractivity contribution in [2.45, 2.75) is 4.90 Å². The van der Waals surface area contributed by atoms with Crippen molar-refractivity contribution in [3.8, 4) is 33.1 Å². The van der Waals surface area contributed by atoms with Crippen LogP contribution in [0.25, 0.3) is 31.7 Å². The predicted molar refractivity (Wildman–Crippen MR) is 116 cm³/mol. The molecule has 0 unspecified atom stereocenters. The fourth-order valence-corrected chi connectivity index (χ4v) is 5.17. The van der Waals surface area contributed by atoms with E-state index in [-0.39, 0.29) is 17.1 Å². The lowest BCUT2D eigenvalue weighted by molar-refractivity contribution is 0.174. The number of rotatable bonds is 3. The molecule has 0 bridgehead atoms. The summed E-state index contributed by atoms with van der Waals surface area (Å²) in [6, 6.07) is 19.0. The molecule has 0 radical (unpaired) electrons. The van der Waals surface area contributed by atoms with Gasteiger partial charge in [-0.15, -0.1) is 11.3 Å². The summed E-state index contributed by atoms with van der Waals surface area (Å²) < 4.78 is 34.9. The first-order valence-corrected chi connectivity index (χ1v) is 11.4. The number of sulfonamides is 1. The first kappa shape index (κ1) is 18.8. The summed E-state index contributed by atoms with van der Waals surface area (Å²) in [6.45, 7) is 0.144. The van der Waals surface area contributed by atoms with Crippen LogP contribution in [0.15, 0.2) is 76.4 Å². The molecule has 6 nitrogen and oxygen atoms in total. The number of primary sulfonamides is 1. The maximum Gasteiger partial charge on any atom is 0.238 e. The molecule has 0 fully saturated rings. The van der Waals surface area contributed by atoms with Gasteiger partial charge in [0.1, 0.15) is 0 Å². The molecule has 1 aliphatic rings. The molecule has 0 aliphatic carbocycles. The van der Waals surface area contributed by atoms with E-state index in [0.29, 0.717) is 28.0 Å². The molecule has 0 spiro atoms. The lowest BCUT2D eigenvalue weighted by Gasteiger charge is -2.12. The summed E-state index contributed by atoms with van der Waals surface area (Å²) in [5.41, 5.74) is 1.86. The SMILES string of the molecule is NS(=O)(=O)c1ccc(-c2sc3ccccc3c(=O)c2-c2ccc3c(c2)OCO3)cc1. The molecule has 4 aromatic rings. The maximum absolute atomic E-state index is 13.5. The Kier molecular flexibility index (Phi) is 4.35. The predicted octanol–water partition coefficient (Wildman–Crippen LogP) is 3.97. The highest BCUT2D eigenvalue weighted by atomic mass is 32.2. The van der Waals surface area contributed by atoms with Crippen molar-refractivity contribution in [1.29, 1.82) is 0 Å². The molecule has 2 N–H and O–H groups in total. The number of nitrogens with two attached hydrogens (primary N) is 1. The van der Waals surface area contributed by atoms with Gasteiger partial charge in [-0.2, -0.15) is 0 Å². The molecule has 2 heterocycles. The van der Waals surface area contributed by atoms with E-state index in [1.165, 1.54) is 23.5 Å². The Balaban J connectivity index is 1.79. The second-order valence-corrected chi connectivity index (χ2v) is 9.38. The summed E-state index contributed by atoms with van der Waals surface area (Å²) in [6.07, 6.45) is 0. The quantitative estimate of drug-likeness (QED) is 0.523. The molecule has 5 rings (SSSR count). The standard InChI is InChI=1S/C22H15NO5S2/c23-30(25,26)15-8-5-13(6-9-15)22-20(14-7-10-17-18(11-14)28-12-27-17)21(24)16-3-1-2-4-19(16)29-22/h1-11H,12H2,(H2,23,25,26). The Morgan fingerprint density at radius 1 is 0.867 bits per heavy atom. The van der Waals surface area contributed by atoms with Crippen molar-refractivity contribution in [2.75, 3.05) is 6.79 Å². The number of benzene rings is 3. The van der Waals surface area contributed by atoms with Crippen LogP contribution < -0.4 is 20.0 Å². The molecule has 0 saturated heterocycles. The Labute approximate surface area is 176 Å². The Hall–Kier alpha value is -3.20. The highest BCUT2D eigenvalue weighted by molar-refractivity contribution is 7.89. The first-order chi connectivity index (χ1) is 14.4. The minimum atomic E-state index is -3.80. The number of hydrogen-bond donors (Lipinski definition) is 1. The Bertz CT molecular complexity index is 1460. The van der Waals surface area contributed by atoms with Crippen LogP contribution >= 0.6 is 11.3 Å². The van der Waals surface area contributed by atoms with Gasteiger partial charge in [-0.3, -0.25) is 4.79 Å². The van der Waals surface area contributed by atoms with Crippen LogP contribution in [0.5, 0.6) is 11.5 Å². The van der Waals surface area contributed by atoms with Crippen molar-refractivity contribution in [2.24, 2.45) is 5.14 Å². The van der Waals surface area contributed by atoms with E-state index in [1.54, 1.807) is 30.3 Å². The Morgan fingerprint density at radius 2 is 1.57 bits per heavy atom. The maximum atomic E-state index is 13.5. The summed E-state index contributed by atoms with van der Waals surface area (Å²) in [5, 5.41) is 5.84. The largest absolute Gasteiger partial charge is 0.454 e. The summed E-state index contributed by atoms with van der Waals surface area (Å²) in [4.78, 5) is 14.2. The minimum absolute atomic E-state index is 0.0176. The monoisotopic (exact) mass is 437 g/mol. The van der Waals surface area contributed by atoms with E-state index in [0.717, 1.165) is 15.1 Å². The highest BCUT2D eigenvalue weighted by Crippen LogP contribution is 2.41. The van der Waals surface area contributed by atoms with Gasteiger partial charge in [0.05, 0.1) is 4.90 Å². The van der Waals surface area contributed by atoms with E-state index in [1.807, 2.05) is 24.3 Å². The summed E-state index contributed by atoms with van der Waals surface area (Å²) in [5.74, 6) is 1.22. The van der Waals surface area contributed by atoms with Gasteiger partial charge in [-0.1, -0.05) is 30.3 Å². The zero-order chi connectivity index (χ0) is 20.9. The molecule has 3 aromatic carbocycles. The normalized spacial score (nSPS) is 13.0. The average Bonchev–Trinajstić information content (AvgIpc) is 3.21. The molecule has 0 amide bonds. The van der Waals surface area contributed by atoms with E-state index >= 15 is 0 Å². The average molecular weight is 437 g/mol. The molecular formula is C22H15NO5S2. The second-order valence-electron chi connectivity index (χ2n) is 6.77. The van der Waals surface area contributed by atoms with Crippen molar-refractivity contribution < 1.29 is 17.9 Å². The third kappa shape index (κ3) is 3.15. The van der Waals surface area contributed by atoms with Crippen LogP contribution in [0.3, 0.4) is 0 Å². The molecular weight excluding hydrogens is 422 g/mol. The van der Waals surface area contributed by atoms with Gasteiger partial charge in [0.25, 0.3) is 0 Å². The van der Waals surface area contributed by atoms with Crippen LogP contribution in [0.4, 0.5) is 0 Å². The van der Waals surface area contributed by atoms with Crippen LogP contribution in [-0.4, -0.2) is 15.2 Å². The van der Waals surface area contributed by atoms with Crippen molar-refractivity contribution in [1.82, 2.24) is 0 Å². The third-order valence-electron chi connectivity index (χ3n) is 4.90. The highest BCUT2D eigenvalue weighted by Gasteiger charge is 2.20. The van der Waals surface area contributed by atoms with Crippen molar-refractivity contribution in [3.05, 3.63) is 77.0 Å². The lowest BCUT2D eigenvalue weighted by atomic mass is 10.00. The van der Waals surface area contributed by atoms with E-state index < -0.39 is 10.0 Å². The molecule has 0 saturated carbocycles. The summed E-state index contributed by atoms with van der Waals surface area (Å²) >= 11 is 1.47. The number of fused-ring (bicyclic) bond motifs is 2. The van der Waals surface area contributed by atoms with Crippen LogP contribution in [0, 0.1) is 0 Å². The van der Waals surface area contributed by atoms with E-state index in [2.05, 4.69) is 0 Å². The zero-order valence-electron chi connectivity index (χ0n) is 15.5. The fourth-order valence-electron chi connectivity index (χ4n) is 3.46. The van der Waals surface area contributed by atoms with Gasteiger partial charge in [0.15, 0.2) is 16.9 Å². The van der Waals surface area contributed by atoms with Crippen LogP contribution in [0.1, 0.15) is 0 Å². The van der Waals surface area contributed by atoms with Crippen LogP contribution in [0.2, 0.25) is 0 Å². The van der Waals surface area contributed by atoms with Gasteiger partial charge < -0.3 is 9.47 Å². The number of ether oxygens (including phenoxy) is 2. The zero-order valence-corrected chi connectivity index (χ0v) is 17.1. The third-order valence-corrected chi connectivity index (χ3v) is 7.05. The van der Waals surface area contributed by atoms with Gasteiger partial charge in [-0.05, 0) is 47.5 Å². The summed E-state index contributed by atoms with van der Waals surface area (Å²) in [7, 11) is -3.80. The molecule has 8 heteroatoms. The van der Waals surface area contributed by atoms with E-state index in [9.17, 15) is 13.2 Å². The lowest BCUT2D eigenvalue weighted by Crippen LogP contribution is -2.11. The molecule has 30 heavy (non-hydrogen) atoms. The minimum Gasteiger partial charge on any atom is -0.454 e. The van der Waals surface area contributed by atoms with Crippen molar-refractivity contribution in [3.63, 3.8) is 0 Å². The fraction of sp³-hybridized carbons (Fsp3) is 0.0455. The number of hydrogen-bond acceptors (Lipinski definition) is 6. The van der Waals surface area contributed by atoms with Gasteiger partial charge in [0, 0.05) is 20.5 Å². The molecule has 0 atom stereocenters. The van der Waals surface area contributed by atoms with Gasteiger partial charge in [0.2, 0.25) is 16.8 Å². The second kappa shape index (κ2) is 6.94. The smallest absolute Gasteiger partial charge is 0.238 e. The Morgan fingerprint density at radius 3 is 2.33 bits per heavy atom. The van der Waals surface area contributed by atoms with Gasteiger partial charge >= 0.3 is 0 Å².